The molecule has 3 heterocycles. The number of hydrogen-bond donors (Lipinski definition) is 1. The van der Waals surface area contributed by atoms with Crippen molar-refractivity contribution in [3.63, 3.8) is 0 Å². The molecule has 0 bridgehead atoms. The number of fused-ring (bicyclic) bond motifs is 1. The quantitative estimate of drug-likeness (QED) is 0.473. The number of amides is 1. The first-order valence-electron chi connectivity index (χ1n) is 12.1. The number of hydrogen-bond acceptors (Lipinski definition) is 7. The van der Waals surface area contributed by atoms with Crippen molar-refractivity contribution in [3.05, 3.63) is 65.1 Å². The van der Waals surface area contributed by atoms with Crippen LogP contribution in [0.4, 0.5) is 0 Å². The fourth-order valence-corrected chi connectivity index (χ4v) is 4.48. The molecule has 1 N–H and O–H groups in total. The number of nitrogens with one attached hydrogen (secondary N) is 1. The van der Waals surface area contributed by atoms with Gasteiger partial charge in [0.05, 0.1) is 13.2 Å². The summed E-state index contributed by atoms with van der Waals surface area (Å²) in [5, 5.41) is 12.1. The van der Waals surface area contributed by atoms with Gasteiger partial charge in [0.25, 0.3) is 5.91 Å². The Morgan fingerprint density at radius 1 is 1.14 bits per heavy atom. The molecular weight excluding hydrogens is 446 g/mol. The second kappa shape index (κ2) is 11.5. The molecule has 9 nitrogen and oxygen atoms in total. The van der Waals surface area contributed by atoms with E-state index in [1.165, 1.54) is 5.56 Å². The third-order valence-corrected chi connectivity index (χ3v) is 6.18. The lowest BCUT2D eigenvalue weighted by atomic mass is 10.0. The summed E-state index contributed by atoms with van der Waals surface area (Å²) in [4.78, 5) is 15.4. The van der Waals surface area contributed by atoms with Crippen molar-refractivity contribution in [2.45, 2.75) is 52.4 Å². The van der Waals surface area contributed by atoms with Crippen molar-refractivity contribution in [2.24, 2.45) is 5.92 Å². The number of benzene rings is 1. The second-order valence-electron chi connectivity index (χ2n) is 9.36. The molecular formula is C26H35N5O4. The molecule has 0 aliphatic carbocycles. The van der Waals surface area contributed by atoms with Gasteiger partial charge in [0, 0.05) is 39.7 Å². The third kappa shape index (κ3) is 6.29. The van der Waals surface area contributed by atoms with Gasteiger partial charge in [0.15, 0.2) is 11.6 Å². The summed E-state index contributed by atoms with van der Waals surface area (Å²) >= 11 is 0. The summed E-state index contributed by atoms with van der Waals surface area (Å²) in [7, 11) is 3.28. The Balaban J connectivity index is 1.47. The van der Waals surface area contributed by atoms with E-state index in [0.29, 0.717) is 18.3 Å². The van der Waals surface area contributed by atoms with Gasteiger partial charge >= 0.3 is 0 Å². The van der Waals surface area contributed by atoms with E-state index in [2.05, 4.69) is 51.0 Å². The van der Waals surface area contributed by atoms with E-state index in [1.54, 1.807) is 26.4 Å². The molecule has 1 atom stereocenters. The topological polar surface area (TPSA) is 94.6 Å². The number of methoxy groups -OCH3 is 2. The van der Waals surface area contributed by atoms with E-state index in [1.807, 2.05) is 12.1 Å². The normalized spacial score (nSPS) is 15.0. The van der Waals surface area contributed by atoms with Crippen LogP contribution in [0.5, 0.6) is 5.75 Å². The van der Waals surface area contributed by atoms with Gasteiger partial charge in [-0.15, -0.1) is 10.2 Å². The van der Waals surface area contributed by atoms with Gasteiger partial charge in [-0.2, -0.15) is 0 Å². The first-order valence-corrected chi connectivity index (χ1v) is 12.1. The van der Waals surface area contributed by atoms with E-state index in [9.17, 15) is 4.79 Å². The number of rotatable bonds is 10. The second-order valence-corrected chi connectivity index (χ2v) is 9.36. The largest absolute Gasteiger partial charge is 0.497 e. The van der Waals surface area contributed by atoms with E-state index >= 15 is 0 Å². The molecule has 188 valence electrons. The number of carbonyl (C=O) groups is 1. The van der Waals surface area contributed by atoms with Crippen LogP contribution in [0.25, 0.3) is 0 Å². The molecule has 0 spiro atoms. The first kappa shape index (κ1) is 24.9. The summed E-state index contributed by atoms with van der Waals surface area (Å²) in [5.74, 6) is 3.62. The van der Waals surface area contributed by atoms with Crippen molar-refractivity contribution in [1.82, 2.24) is 25.0 Å². The molecule has 0 fully saturated rings. The van der Waals surface area contributed by atoms with Crippen molar-refractivity contribution in [1.29, 1.82) is 0 Å². The fourth-order valence-electron chi connectivity index (χ4n) is 4.48. The van der Waals surface area contributed by atoms with Gasteiger partial charge in [0.1, 0.15) is 23.9 Å². The molecule has 1 aliphatic heterocycles. The highest BCUT2D eigenvalue weighted by Crippen LogP contribution is 2.24. The Morgan fingerprint density at radius 2 is 2.00 bits per heavy atom. The van der Waals surface area contributed by atoms with Gasteiger partial charge in [-0.25, -0.2) is 0 Å². The van der Waals surface area contributed by atoms with Crippen molar-refractivity contribution in [2.75, 3.05) is 27.3 Å². The summed E-state index contributed by atoms with van der Waals surface area (Å²) in [6.45, 7) is 7.98. The van der Waals surface area contributed by atoms with Crippen LogP contribution in [0.3, 0.4) is 0 Å². The lowest BCUT2D eigenvalue weighted by Gasteiger charge is -2.22. The third-order valence-electron chi connectivity index (χ3n) is 6.18. The minimum Gasteiger partial charge on any atom is -0.497 e. The zero-order valence-electron chi connectivity index (χ0n) is 21.0. The molecule has 1 unspecified atom stereocenters. The molecule has 0 radical (unpaired) electrons. The summed E-state index contributed by atoms with van der Waals surface area (Å²) in [5.41, 5.74) is 1.22. The van der Waals surface area contributed by atoms with E-state index in [0.717, 1.165) is 56.4 Å². The zero-order chi connectivity index (χ0) is 24.8. The highest BCUT2D eigenvalue weighted by Gasteiger charge is 2.27. The van der Waals surface area contributed by atoms with Crippen LogP contribution >= 0.6 is 0 Å². The average Bonchev–Trinajstić information content (AvgIpc) is 3.43. The van der Waals surface area contributed by atoms with Crippen LogP contribution in [0.2, 0.25) is 0 Å². The summed E-state index contributed by atoms with van der Waals surface area (Å²) in [6, 6.07) is 11.4. The molecule has 9 heteroatoms. The molecule has 2 aromatic heterocycles. The molecule has 0 saturated carbocycles. The maximum Gasteiger partial charge on any atom is 0.287 e. The molecule has 1 aliphatic rings. The van der Waals surface area contributed by atoms with Crippen LogP contribution < -0.4 is 10.1 Å². The first-order chi connectivity index (χ1) is 17.0. The number of aromatic nitrogens is 3. The predicted octanol–water partition coefficient (Wildman–Crippen LogP) is 3.60. The van der Waals surface area contributed by atoms with Crippen molar-refractivity contribution < 1.29 is 18.7 Å². The summed E-state index contributed by atoms with van der Waals surface area (Å²) in [6.07, 6.45) is 1.56. The van der Waals surface area contributed by atoms with Crippen LogP contribution in [0.15, 0.2) is 40.8 Å². The number of furan rings is 1. The van der Waals surface area contributed by atoms with E-state index in [-0.39, 0.29) is 17.7 Å². The maximum absolute atomic E-state index is 13.0. The Labute approximate surface area is 206 Å². The standard InChI is InChI=1S/C26H35N5O4/c1-18(2)14-22(27-26(32)23-9-8-21(35-23)17-33-3)25-29-28-24-10-11-30(12-13-31(24)25)16-19-6-5-7-20(15-19)34-4/h5-9,15,18,22H,10-14,16-17H2,1-4H3,(H,27,32). The molecule has 0 saturated heterocycles. The lowest BCUT2D eigenvalue weighted by Crippen LogP contribution is -2.32. The van der Waals surface area contributed by atoms with Gasteiger partial charge in [-0.3, -0.25) is 9.69 Å². The molecule has 3 aromatic rings. The van der Waals surface area contributed by atoms with E-state index < -0.39 is 0 Å². The highest BCUT2D eigenvalue weighted by molar-refractivity contribution is 5.91. The van der Waals surface area contributed by atoms with Crippen LogP contribution in [0, 0.1) is 5.92 Å². The number of nitrogens with zero attached hydrogens (tertiary/aromatic N) is 4. The Hall–Kier alpha value is -3.17. The van der Waals surface area contributed by atoms with Crippen LogP contribution in [-0.2, 0) is 30.9 Å². The van der Waals surface area contributed by atoms with E-state index in [4.69, 9.17) is 13.9 Å². The molecule has 35 heavy (non-hydrogen) atoms. The zero-order valence-corrected chi connectivity index (χ0v) is 21.0. The SMILES string of the molecule is COCc1ccc(C(=O)NC(CC(C)C)c2nnc3n2CCN(Cc2cccc(OC)c2)CC3)o1. The van der Waals surface area contributed by atoms with Gasteiger partial charge in [-0.1, -0.05) is 26.0 Å². The lowest BCUT2D eigenvalue weighted by molar-refractivity contribution is 0.0892. The predicted molar refractivity (Wildman–Crippen MR) is 131 cm³/mol. The fraction of sp³-hybridized carbons (Fsp3) is 0.500. The molecule has 4 rings (SSSR count). The van der Waals surface area contributed by atoms with Crippen LogP contribution in [-0.4, -0.2) is 52.9 Å². The minimum atomic E-state index is -0.261. The van der Waals surface area contributed by atoms with Gasteiger partial charge in [0.2, 0.25) is 0 Å². The number of carbonyl (C=O) groups excluding carboxylic acids is 1. The molecule has 1 amide bonds. The average molecular weight is 482 g/mol. The van der Waals surface area contributed by atoms with Crippen LogP contribution in [0.1, 0.15) is 59.8 Å². The Kier molecular flexibility index (Phi) is 8.20. The highest BCUT2D eigenvalue weighted by atomic mass is 16.5. The Bertz CT molecular complexity index is 1120. The smallest absolute Gasteiger partial charge is 0.287 e. The van der Waals surface area contributed by atoms with Crippen molar-refractivity contribution in [3.8, 4) is 5.75 Å². The Morgan fingerprint density at radius 3 is 2.77 bits per heavy atom. The summed E-state index contributed by atoms with van der Waals surface area (Å²) < 4.78 is 18.3. The van der Waals surface area contributed by atoms with Gasteiger partial charge in [-0.05, 0) is 42.2 Å². The molecule has 1 aromatic carbocycles. The monoisotopic (exact) mass is 481 g/mol. The number of ether oxygens (including phenoxy) is 2. The maximum atomic E-state index is 13.0. The minimum absolute atomic E-state index is 0.260. The van der Waals surface area contributed by atoms with Gasteiger partial charge < -0.3 is 23.8 Å². The van der Waals surface area contributed by atoms with Crippen molar-refractivity contribution >= 4 is 5.91 Å².